The average Bonchev–Trinajstić information content (AvgIpc) is 3.48. The Balaban J connectivity index is 1.52. The number of hydrazone groups is 1. The molecule has 1 fully saturated rings. The standard InChI is InChI=1S/C27H22Cl2N2OS/c28-21-10-6-18(7-11-21)17-20-3-1-5-24-26(20)30-31(25(32)15-14-23-4-2-16-33-23)27(24)19-8-12-22(29)13-9-19/h2,4,6-17,24,27H,1,3,5H2/b15-14+,20-17+/t24-,27-/m0/s1. The Hall–Kier alpha value is -2.66. The van der Waals surface area contributed by atoms with Crippen molar-refractivity contribution in [3.63, 3.8) is 0 Å². The summed E-state index contributed by atoms with van der Waals surface area (Å²) in [5.41, 5.74) is 4.33. The molecule has 6 heteroatoms. The summed E-state index contributed by atoms with van der Waals surface area (Å²) in [7, 11) is 0. The lowest BCUT2D eigenvalue weighted by Crippen LogP contribution is -2.30. The molecule has 1 aromatic heterocycles. The summed E-state index contributed by atoms with van der Waals surface area (Å²) in [6.07, 6.45) is 8.65. The molecule has 0 saturated heterocycles. The van der Waals surface area contributed by atoms with E-state index in [-0.39, 0.29) is 17.9 Å². The third kappa shape index (κ3) is 4.84. The number of fused-ring (bicyclic) bond motifs is 1. The molecule has 1 saturated carbocycles. The van der Waals surface area contributed by atoms with Crippen molar-refractivity contribution in [3.05, 3.63) is 104 Å². The van der Waals surface area contributed by atoms with Gasteiger partial charge in [-0.2, -0.15) is 5.10 Å². The first-order valence-electron chi connectivity index (χ1n) is 10.9. The van der Waals surface area contributed by atoms with Crippen molar-refractivity contribution in [2.75, 3.05) is 0 Å². The smallest absolute Gasteiger partial charge is 0.267 e. The summed E-state index contributed by atoms with van der Waals surface area (Å²) in [5, 5.41) is 9.97. The number of hydrogen-bond donors (Lipinski definition) is 0. The van der Waals surface area contributed by atoms with Crippen molar-refractivity contribution in [2.45, 2.75) is 25.3 Å². The number of nitrogens with zero attached hydrogens (tertiary/aromatic N) is 2. The minimum Gasteiger partial charge on any atom is -0.268 e. The highest BCUT2D eigenvalue weighted by atomic mass is 35.5. The summed E-state index contributed by atoms with van der Waals surface area (Å²) >= 11 is 13.8. The molecule has 0 unspecified atom stereocenters. The highest BCUT2D eigenvalue weighted by Gasteiger charge is 2.43. The molecule has 2 atom stereocenters. The zero-order valence-electron chi connectivity index (χ0n) is 17.8. The average molecular weight is 493 g/mol. The summed E-state index contributed by atoms with van der Waals surface area (Å²) in [5.74, 6) is 0.0358. The van der Waals surface area contributed by atoms with Crippen LogP contribution in [0, 0.1) is 5.92 Å². The van der Waals surface area contributed by atoms with Crippen LogP contribution in [0.5, 0.6) is 0 Å². The second kappa shape index (κ2) is 9.68. The highest BCUT2D eigenvalue weighted by molar-refractivity contribution is 7.10. The maximum absolute atomic E-state index is 13.3. The van der Waals surface area contributed by atoms with E-state index in [0.29, 0.717) is 10.0 Å². The Bertz CT molecular complexity index is 1230. The number of halogens is 2. The van der Waals surface area contributed by atoms with Crippen LogP contribution in [0.1, 0.15) is 41.3 Å². The zero-order chi connectivity index (χ0) is 22.8. The van der Waals surface area contributed by atoms with Crippen LogP contribution in [0.3, 0.4) is 0 Å². The van der Waals surface area contributed by atoms with Crippen LogP contribution in [-0.4, -0.2) is 16.6 Å². The number of hydrogen-bond acceptors (Lipinski definition) is 3. The summed E-state index contributed by atoms with van der Waals surface area (Å²) in [6, 6.07) is 19.4. The molecule has 0 bridgehead atoms. The summed E-state index contributed by atoms with van der Waals surface area (Å²) < 4.78 is 0. The van der Waals surface area contributed by atoms with E-state index in [1.807, 2.05) is 72.1 Å². The third-order valence-corrected chi connectivity index (χ3v) is 7.42. The van der Waals surface area contributed by atoms with E-state index in [9.17, 15) is 4.79 Å². The van der Waals surface area contributed by atoms with Gasteiger partial charge in [-0.05, 0) is 83.8 Å². The van der Waals surface area contributed by atoms with Gasteiger partial charge in [0.05, 0.1) is 11.8 Å². The normalized spacial score (nSPS) is 21.5. The lowest BCUT2D eigenvalue weighted by atomic mass is 9.77. The molecule has 33 heavy (non-hydrogen) atoms. The molecular weight excluding hydrogens is 471 g/mol. The van der Waals surface area contributed by atoms with Gasteiger partial charge in [0.25, 0.3) is 5.91 Å². The number of amides is 1. The van der Waals surface area contributed by atoms with Crippen molar-refractivity contribution in [1.82, 2.24) is 5.01 Å². The fraction of sp³-hybridized carbons (Fsp3) is 0.185. The Morgan fingerprint density at radius 2 is 1.76 bits per heavy atom. The Labute approximate surface area is 207 Å². The van der Waals surface area contributed by atoms with E-state index in [2.05, 4.69) is 6.08 Å². The molecule has 3 aromatic rings. The van der Waals surface area contributed by atoms with Gasteiger partial charge in [0.2, 0.25) is 0 Å². The van der Waals surface area contributed by atoms with Crippen LogP contribution in [-0.2, 0) is 4.79 Å². The highest BCUT2D eigenvalue weighted by Crippen LogP contribution is 2.44. The Morgan fingerprint density at radius 3 is 2.45 bits per heavy atom. The molecule has 2 aliphatic rings. The first kappa shape index (κ1) is 22.1. The van der Waals surface area contributed by atoms with E-state index in [1.54, 1.807) is 22.4 Å². The number of allylic oxidation sites excluding steroid dienone is 1. The lowest BCUT2D eigenvalue weighted by Gasteiger charge is -2.29. The topological polar surface area (TPSA) is 32.7 Å². The van der Waals surface area contributed by atoms with Gasteiger partial charge in [0.15, 0.2) is 0 Å². The van der Waals surface area contributed by atoms with Crippen LogP contribution >= 0.6 is 34.5 Å². The van der Waals surface area contributed by atoms with E-state index < -0.39 is 0 Å². The van der Waals surface area contributed by atoms with E-state index in [4.69, 9.17) is 28.3 Å². The van der Waals surface area contributed by atoms with Crippen LogP contribution in [0.2, 0.25) is 10.0 Å². The van der Waals surface area contributed by atoms with Gasteiger partial charge in [0, 0.05) is 26.9 Å². The maximum atomic E-state index is 13.3. The Kier molecular flexibility index (Phi) is 6.50. The summed E-state index contributed by atoms with van der Waals surface area (Å²) in [6.45, 7) is 0. The largest absolute Gasteiger partial charge is 0.268 e. The molecule has 166 valence electrons. The van der Waals surface area contributed by atoms with Crippen LogP contribution in [0.25, 0.3) is 12.2 Å². The predicted octanol–water partition coefficient (Wildman–Crippen LogP) is 7.89. The van der Waals surface area contributed by atoms with Gasteiger partial charge < -0.3 is 0 Å². The van der Waals surface area contributed by atoms with E-state index in [1.165, 1.54) is 5.57 Å². The second-order valence-corrected chi connectivity index (χ2v) is 10.1. The molecule has 3 nitrogen and oxygen atoms in total. The minimum absolute atomic E-state index is 0.115. The maximum Gasteiger partial charge on any atom is 0.267 e. The number of rotatable bonds is 4. The molecule has 2 heterocycles. The molecular formula is C27H22Cl2N2OS. The van der Waals surface area contributed by atoms with Crippen LogP contribution in [0.15, 0.2) is 82.8 Å². The number of benzene rings is 2. The third-order valence-electron chi connectivity index (χ3n) is 6.08. The Morgan fingerprint density at radius 1 is 1.03 bits per heavy atom. The van der Waals surface area contributed by atoms with Crippen molar-refractivity contribution in [1.29, 1.82) is 0 Å². The van der Waals surface area contributed by atoms with Gasteiger partial charge in [-0.3, -0.25) is 4.79 Å². The van der Waals surface area contributed by atoms with Gasteiger partial charge >= 0.3 is 0 Å². The molecule has 1 amide bonds. The predicted molar refractivity (Wildman–Crippen MR) is 139 cm³/mol. The molecule has 1 aliphatic carbocycles. The van der Waals surface area contributed by atoms with Gasteiger partial charge in [-0.15, -0.1) is 11.3 Å². The monoisotopic (exact) mass is 492 g/mol. The van der Waals surface area contributed by atoms with Crippen molar-refractivity contribution >= 4 is 58.3 Å². The first-order chi connectivity index (χ1) is 16.1. The molecule has 1 aliphatic heterocycles. The zero-order valence-corrected chi connectivity index (χ0v) is 20.2. The number of thiophene rings is 1. The van der Waals surface area contributed by atoms with E-state index in [0.717, 1.165) is 41.0 Å². The van der Waals surface area contributed by atoms with Gasteiger partial charge in [0.1, 0.15) is 0 Å². The molecule has 5 rings (SSSR count). The van der Waals surface area contributed by atoms with Gasteiger partial charge in [-0.25, -0.2) is 5.01 Å². The fourth-order valence-corrected chi connectivity index (χ4v) is 5.42. The minimum atomic E-state index is -0.147. The molecule has 0 spiro atoms. The quantitative estimate of drug-likeness (QED) is 0.340. The van der Waals surface area contributed by atoms with Crippen molar-refractivity contribution < 1.29 is 4.79 Å². The number of carbonyl (C=O) groups is 1. The van der Waals surface area contributed by atoms with Gasteiger partial charge in [-0.1, -0.05) is 53.5 Å². The van der Waals surface area contributed by atoms with Crippen LogP contribution in [0.4, 0.5) is 0 Å². The summed E-state index contributed by atoms with van der Waals surface area (Å²) in [4.78, 5) is 14.4. The lowest BCUT2D eigenvalue weighted by molar-refractivity contribution is -0.128. The van der Waals surface area contributed by atoms with E-state index >= 15 is 0 Å². The second-order valence-electron chi connectivity index (χ2n) is 8.23. The SMILES string of the molecule is O=C(/C=C/c1cccs1)N1N=C2/C(=C/c3ccc(Cl)cc3)CCC[C@@H]2[C@@H]1c1ccc(Cl)cc1. The molecule has 0 radical (unpaired) electrons. The number of carbonyl (C=O) groups excluding carboxylic acids is 1. The molecule has 0 N–H and O–H groups in total. The first-order valence-corrected chi connectivity index (χ1v) is 12.6. The molecule has 2 aromatic carbocycles. The van der Waals surface area contributed by atoms with Crippen molar-refractivity contribution in [3.8, 4) is 0 Å². The van der Waals surface area contributed by atoms with Crippen molar-refractivity contribution in [2.24, 2.45) is 11.0 Å². The fourth-order valence-electron chi connectivity index (χ4n) is 4.55. The van der Waals surface area contributed by atoms with Crippen LogP contribution < -0.4 is 0 Å².